The summed E-state index contributed by atoms with van der Waals surface area (Å²) in [4.78, 5) is 24.8. The quantitative estimate of drug-likeness (QED) is 0.617. The van der Waals surface area contributed by atoms with E-state index in [1.54, 1.807) is 12.1 Å². The molecule has 2 fully saturated rings. The fourth-order valence-electron chi connectivity index (χ4n) is 3.79. The van der Waals surface area contributed by atoms with Crippen molar-refractivity contribution < 1.29 is 22.3 Å². The zero-order valence-electron chi connectivity index (χ0n) is 12.4. The molecule has 1 aliphatic heterocycles. The summed E-state index contributed by atoms with van der Waals surface area (Å²) in [6, 6.07) is 6.04. The van der Waals surface area contributed by atoms with Crippen molar-refractivity contribution in [3.63, 3.8) is 0 Å². The van der Waals surface area contributed by atoms with Crippen molar-refractivity contribution in [2.45, 2.75) is 18.2 Å². The van der Waals surface area contributed by atoms with Gasteiger partial charge in [0.05, 0.1) is 16.7 Å². The third-order valence-corrected chi connectivity index (χ3v) is 6.11. The Bertz CT molecular complexity index is 797. The van der Waals surface area contributed by atoms with Gasteiger partial charge in [-0.2, -0.15) is 8.42 Å². The van der Waals surface area contributed by atoms with Gasteiger partial charge in [0, 0.05) is 0 Å². The first-order chi connectivity index (χ1) is 10.9. The van der Waals surface area contributed by atoms with Crippen LogP contribution in [0.1, 0.15) is 12.0 Å². The van der Waals surface area contributed by atoms with Crippen LogP contribution in [0.2, 0.25) is 0 Å². The van der Waals surface area contributed by atoms with Crippen molar-refractivity contribution in [1.29, 1.82) is 0 Å². The van der Waals surface area contributed by atoms with Crippen LogP contribution in [0.4, 0.5) is 0 Å². The van der Waals surface area contributed by atoms with E-state index in [9.17, 15) is 18.0 Å². The molecular weight excluding hydrogens is 318 g/mol. The third-order valence-electron chi connectivity index (χ3n) is 4.91. The molecule has 1 aromatic rings. The molecule has 2 bridgehead atoms. The molecule has 0 aromatic heterocycles. The molecule has 7 heteroatoms. The number of allylic oxidation sites excluding steroid dienone is 2. The Morgan fingerprint density at radius 2 is 1.52 bits per heavy atom. The predicted octanol–water partition coefficient (Wildman–Crippen LogP) is 1.42. The third kappa shape index (κ3) is 2.07. The normalized spacial score (nSPS) is 32.0. The van der Waals surface area contributed by atoms with E-state index < -0.39 is 33.8 Å². The number of hydrogen-bond acceptors (Lipinski definition) is 5. The molecule has 3 unspecified atom stereocenters. The lowest BCUT2D eigenvalue weighted by Gasteiger charge is -2.16. The number of nitrogens with zero attached hydrogens (tertiary/aromatic N) is 1. The number of hydrogen-bond donors (Lipinski definition) is 0. The van der Waals surface area contributed by atoms with Crippen LogP contribution in [0.5, 0.6) is 0 Å². The molecule has 23 heavy (non-hydrogen) atoms. The summed E-state index contributed by atoms with van der Waals surface area (Å²) >= 11 is 0. The number of carbonyl (C=O) groups excluding carboxylic acids is 2. The molecule has 6 nitrogen and oxygen atoms in total. The van der Waals surface area contributed by atoms with Crippen molar-refractivity contribution >= 4 is 21.9 Å². The van der Waals surface area contributed by atoms with Crippen molar-refractivity contribution in [3.05, 3.63) is 42.0 Å². The Balaban J connectivity index is 1.61. The van der Waals surface area contributed by atoms with Crippen molar-refractivity contribution in [1.82, 2.24) is 5.06 Å². The van der Waals surface area contributed by atoms with Gasteiger partial charge in [-0.25, -0.2) is 0 Å². The highest BCUT2D eigenvalue weighted by Crippen LogP contribution is 2.52. The van der Waals surface area contributed by atoms with Gasteiger partial charge in [-0.15, -0.1) is 9.35 Å². The molecule has 1 saturated heterocycles. The number of amides is 2. The number of aryl methyl sites for hydroxylation is 1. The first-order valence-corrected chi connectivity index (χ1v) is 8.87. The Kier molecular flexibility index (Phi) is 3.01. The number of rotatable bonds is 3. The topological polar surface area (TPSA) is 80.8 Å². The lowest BCUT2D eigenvalue weighted by molar-refractivity contribution is -0.166. The molecule has 0 radical (unpaired) electrons. The molecule has 120 valence electrons. The van der Waals surface area contributed by atoms with E-state index in [0.717, 1.165) is 12.0 Å². The second-order valence-electron chi connectivity index (χ2n) is 6.31. The summed E-state index contributed by atoms with van der Waals surface area (Å²) in [6.45, 7) is 1.83. The summed E-state index contributed by atoms with van der Waals surface area (Å²) in [5, 5.41) is 0.455. The highest BCUT2D eigenvalue weighted by molar-refractivity contribution is 7.86. The number of benzene rings is 1. The van der Waals surface area contributed by atoms with Gasteiger partial charge < -0.3 is 0 Å². The van der Waals surface area contributed by atoms with E-state index >= 15 is 0 Å². The van der Waals surface area contributed by atoms with Crippen LogP contribution in [-0.2, 0) is 24.0 Å². The highest BCUT2D eigenvalue weighted by Gasteiger charge is 2.60. The number of hydroxylamine groups is 2. The van der Waals surface area contributed by atoms with Gasteiger partial charge in [0.1, 0.15) is 0 Å². The standard InChI is InChI=1S/C16H15NO5S/c1-9-2-6-12(7-3-9)23(20,21)22-17-15(18)13-10-4-5-11(8-10)14(13)16(17)19/h2-7,10-11,13-14H,8H2,1H3/t10-,11?,13?,14?/m1/s1. The van der Waals surface area contributed by atoms with Crippen molar-refractivity contribution in [2.75, 3.05) is 0 Å². The second kappa shape index (κ2) is 4.75. The summed E-state index contributed by atoms with van der Waals surface area (Å²) in [7, 11) is -4.21. The lowest BCUT2D eigenvalue weighted by Crippen LogP contribution is -2.35. The van der Waals surface area contributed by atoms with Crippen LogP contribution in [0, 0.1) is 30.6 Å². The molecule has 4 rings (SSSR count). The van der Waals surface area contributed by atoms with Gasteiger partial charge in [-0.3, -0.25) is 9.59 Å². The van der Waals surface area contributed by atoms with Gasteiger partial charge in [-0.05, 0) is 37.3 Å². The number of fused-ring (bicyclic) bond motifs is 5. The van der Waals surface area contributed by atoms with Crippen LogP contribution in [0.25, 0.3) is 0 Å². The Morgan fingerprint density at radius 1 is 1.00 bits per heavy atom. The molecular formula is C16H15NO5S. The summed E-state index contributed by atoms with van der Waals surface area (Å²) in [5.41, 5.74) is 0.898. The van der Waals surface area contributed by atoms with Crippen LogP contribution < -0.4 is 0 Å². The average molecular weight is 333 g/mol. The summed E-state index contributed by atoms with van der Waals surface area (Å²) in [6.07, 6.45) is 4.66. The zero-order valence-corrected chi connectivity index (χ0v) is 13.2. The van der Waals surface area contributed by atoms with Crippen molar-refractivity contribution in [2.24, 2.45) is 23.7 Å². The molecule has 2 amide bonds. The highest BCUT2D eigenvalue weighted by atomic mass is 32.2. The predicted molar refractivity (Wildman–Crippen MR) is 79.0 cm³/mol. The molecule has 1 aromatic carbocycles. The van der Waals surface area contributed by atoms with E-state index in [-0.39, 0.29) is 16.7 Å². The Hall–Kier alpha value is -1.99. The molecule has 3 aliphatic rings. The molecule has 4 atom stereocenters. The van der Waals surface area contributed by atoms with Crippen molar-refractivity contribution in [3.8, 4) is 0 Å². The smallest absolute Gasteiger partial charge is 0.272 e. The van der Waals surface area contributed by atoms with Crippen LogP contribution in [0.3, 0.4) is 0 Å². The van der Waals surface area contributed by atoms with E-state index in [1.165, 1.54) is 12.1 Å². The Morgan fingerprint density at radius 3 is 2.04 bits per heavy atom. The van der Waals surface area contributed by atoms with Crippen LogP contribution in [-0.4, -0.2) is 25.3 Å². The number of imide groups is 1. The van der Waals surface area contributed by atoms with Gasteiger partial charge >= 0.3 is 10.1 Å². The SMILES string of the molecule is Cc1ccc(S(=O)(=O)ON2C(=O)C3C4C=C[C@H](C4)C3C2=O)cc1. The lowest BCUT2D eigenvalue weighted by atomic mass is 9.85. The maximum Gasteiger partial charge on any atom is 0.318 e. The summed E-state index contributed by atoms with van der Waals surface area (Å²) < 4.78 is 29.5. The molecule has 1 heterocycles. The minimum Gasteiger partial charge on any atom is -0.272 e. The fraction of sp³-hybridized carbons (Fsp3) is 0.375. The van der Waals surface area contributed by atoms with E-state index in [4.69, 9.17) is 4.28 Å². The summed E-state index contributed by atoms with van der Waals surface area (Å²) in [5.74, 6) is -2.04. The van der Waals surface area contributed by atoms with Gasteiger partial charge in [0.25, 0.3) is 11.8 Å². The van der Waals surface area contributed by atoms with Crippen LogP contribution in [0.15, 0.2) is 41.3 Å². The van der Waals surface area contributed by atoms with Crippen LogP contribution >= 0.6 is 0 Å². The minimum absolute atomic E-state index is 0.0112. The first-order valence-electron chi connectivity index (χ1n) is 7.46. The molecule has 2 aliphatic carbocycles. The van der Waals surface area contributed by atoms with Gasteiger partial charge in [0.2, 0.25) is 0 Å². The zero-order chi connectivity index (χ0) is 16.4. The first kappa shape index (κ1) is 14.6. The molecule has 0 N–H and O–H groups in total. The van der Waals surface area contributed by atoms with E-state index in [0.29, 0.717) is 5.06 Å². The van der Waals surface area contributed by atoms with Gasteiger partial charge in [-0.1, -0.05) is 29.8 Å². The fourth-order valence-corrected chi connectivity index (χ4v) is 4.69. The van der Waals surface area contributed by atoms with E-state index in [2.05, 4.69) is 0 Å². The maximum absolute atomic E-state index is 12.4. The van der Waals surface area contributed by atoms with Gasteiger partial charge in [0.15, 0.2) is 0 Å². The number of carbonyl (C=O) groups is 2. The molecule has 0 spiro atoms. The average Bonchev–Trinajstić information content (AvgIpc) is 3.17. The molecule has 1 saturated carbocycles. The minimum atomic E-state index is -4.21. The Labute approximate surface area is 133 Å². The largest absolute Gasteiger partial charge is 0.318 e. The van der Waals surface area contributed by atoms with E-state index in [1.807, 2.05) is 19.1 Å². The maximum atomic E-state index is 12.4. The second-order valence-corrected chi connectivity index (χ2v) is 7.84. The monoisotopic (exact) mass is 333 g/mol.